The zero-order valence-corrected chi connectivity index (χ0v) is 16.3. The fourth-order valence-corrected chi connectivity index (χ4v) is 2.63. The fourth-order valence-electron chi connectivity index (χ4n) is 2.63. The lowest BCUT2D eigenvalue weighted by Gasteiger charge is -2.01. The molecule has 0 atom stereocenters. The van der Waals surface area contributed by atoms with Gasteiger partial charge in [-0.2, -0.15) is 0 Å². The van der Waals surface area contributed by atoms with Crippen LogP contribution in [0.4, 0.5) is 0 Å². The lowest BCUT2D eigenvalue weighted by atomic mass is 10.1. The zero-order chi connectivity index (χ0) is 18.4. The van der Waals surface area contributed by atoms with Gasteiger partial charge in [-0.3, -0.25) is 0 Å². The third-order valence-electron chi connectivity index (χ3n) is 4.11. The number of para-hydroxylation sites is 1. The summed E-state index contributed by atoms with van der Waals surface area (Å²) < 4.78 is 5.11. The monoisotopic (exact) mass is 352 g/mol. The van der Waals surface area contributed by atoms with E-state index in [4.69, 9.17) is 14.9 Å². The van der Waals surface area contributed by atoms with E-state index in [0.717, 1.165) is 12.2 Å². The van der Waals surface area contributed by atoms with E-state index in [0.29, 0.717) is 13.2 Å². The minimum absolute atomic E-state index is 0.0644. The van der Waals surface area contributed by atoms with Crippen LogP contribution in [-0.2, 0) is 0 Å². The largest absolute Gasteiger partial charge is 0.491 e. The van der Waals surface area contributed by atoms with Crippen LogP contribution in [0.2, 0.25) is 0 Å². The van der Waals surface area contributed by atoms with Gasteiger partial charge in [0.1, 0.15) is 12.4 Å². The third-order valence-corrected chi connectivity index (χ3v) is 4.11. The van der Waals surface area contributed by atoms with E-state index < -0.39 is 0 Å². The van der Waals surface area contributed by atoms with E-state index in [1.54, 1.807) is 0 Å². The molecule has 0 bridgehead atoms. The molecule has 146 valence electrons. The Labute approximate surface area is 155 Å². The summed E-state index contributed by atoms with van der Waals surface area (Å²) in [6.07, 6.45) is 16.2. The van der Waals surface area contributed by atoms with Crippen LogP contribution in [0, 0.1) is 0 Å². The van der Waals surface area contributed by atoms with E-state index in [-0.39, 0.29) is 6.61 Å². The average molecular weight is 353 g/mol. The third kappa shape index (κ3) is 19.1. The maximum atomic E-state index is 8.61. The van der Waals surface area contributed by atoms with E-state index in [9.17, 15) is 0 Å². The number of benzene rings is 1. The second-order valence-electron chi connectivity index (χ2n) is 6.50. The van der Waals surface area contributed by atoms with Crippen LogP contribution in [0.15, 0.2) is 30.3 Å². The Morgan fingerprint density at radius 2 is 1.12 bits per heavy atom. The van der Waals surface area contributed by atoms with Gasteiger partial charge in [-0.05, 0) is 18.6 Å². The molecule has 3 nitrogen and oxygen atoms in total. The smallest absolute Gasteiger partial charge is 0.119 e. The number of aliphatic hydroxyl groups excluding tert-OH is 2. The number of hydrogen-bond donors (Lipinski definition) is 2. The first kappa shape index (κ1) is 23.9. The first-order valence-electron chi connectivity index (χ1n) is 10.2. The van der Waals surface area contributed by atoms with Crippen LogP contribution >= 0.6 is 0 Å². The standard InChI is InChI=1S/C14H30O.C8H10O2/c1-2-3-4-5-6-7-8-9-10-11-12-13-14-15;9-6-7-10-8-4-2-1-3-5-8/h15H,2-14H2,1H3;1-5,9H,6-7H2. The Hall–Kier alpha value is -1.06. The van der Waals surface area contributed by atoms with Crippen LogP contribution in [0.1, 0.15) is 84.0 Å². The van der Waals surface area contributed by atoms with Crippen molar-refractivity contribution in [1.29, 1.82) is 0 Å². The van der Waals surface area contributed by atoms with Gasteiger partial charge in [-0.25, -0.2) is 0 Å². The van der Waals surface area contributed by atoms with Crippen molar-refractivity contribution in [3.05, 3.63) is 30.3 Å². The Kier molecular flexibility index (Phi) is 20.1. The minimum Gasteiger partial charge on any atom is -0.491 e. The van der Waals surface area contributed by atoms with Crippen molar-refractivity contribution in [2.24, 2.45) is 0 Å². The second-order valence-corrected chi connectivity index (χ2v) is 6.50. The predicted molar refractivity (Wildman–Crippen MR) is 107 cm³/mol. The van der Waals surface area contributed by atoms with Gasteiger partial charge in [0, 0.05) is 6.61 Å². The molecule has 0 aliphatic heterocycles. The number of rotatable bonds is 15. The molecule has 0 aliphatic rings. The Morgan fingerprint density at radius 1 is 0.640 bits per heavy atom. The molecule has 1 aromatic carbocycles. The molecule has 25 heavy (non-hydrogen) atoms. The highest BCUT2D eigenvalue weighted by Crippen LogP contribution is 2.11. The molecule has 0 saturated carbocycles. The number of hydrogen-bond acceptors (Lipinski definition) is 3. The summed E-state index contributed by atoms with van der Waals surface area (Å²) in [5.41, 5.74) is 0. The van der Waals surface area contributed by atoms with Crippen molar-refractivity contribution in [2.75, 3.05) is 19.8 Å². The lowest BCUT2D eigenvalue weighted by Crippen LogP contribution is -2.00. The second kappa shape index (κ2) is 21.0. The van der Waals surface area contributed by atoms with E-state index in [2.05, 4.69) is 6.92 Å². The lowest BCUT2D eigenvalue weighted by molar-refractivity contribution is 0.201. The van der Waals surface area contributed by atoms with E-state index in [1.165, 1.54) is 70.6 Å². The van der Waals surface area contributed by atoms with E-state index in [1.807, 2.05) is 30.3 Å². The molecule has 0 radical (unpaired) electrons. The van der Waals surface area contributed by atoms with Gasteiger partial charge in [0.15, 0.2) is 0 Å². The summed E-state index contributed by atoms with van der Waals surface area (Å²) in [6.45, 7) is 3.07. The molecule has 0 saturated heterocycles. The Bertz CT molecular complexity index is 328. The highest BCUT2D eigenvalue weighted by atomic mass is 16.5. The van der Waals surface area contributed by atoms with Crippen molar-refractivity contribution >= 4 is 0 Å². The molecular weight excluding hydrogens is 312 g/mol. The summed E-state index contributed by atoms with van der Waals surface area (Å²) in [5, 5.41) is 17.0. The molecule has 2 N–H and O–H groups in total. The Balaban J connectivity index is 0.000000496. The van der Waals surface area contributed by atoms with Crippen LogP contribution in [-0.4, -0.2) is 30.0 Å². The molecule has 0 unspecified atom stereocenters. The zero-order valence-electron chi connectivity index (χ0n) is 16.3. The first-order valence-corrected chi connectivity index (χ1v) is 10.2. The van der Waals surface area contributed by atoms with Crippen LogP contribution in [0.3, 0.4) is 0 Å². The van der Waals surface area contributed by atoms with Gasteiger partial charge in [-0.15, -0.1) is 0 Å². The van der Waals surface area contributed by atoms with Crippen molar-refractivity contribution in [1.82, 2.24) is 0 Å². The predicted octanol–water partition coefficient (Wildman–Crippen LogP) is 5.74. The number of aliphatic hydroxyl groups is 2. The number of ether oxygens (including phenoxy) is 1. The highest BCUT2D eigenvalue weighted by Gasteiger charge is 1.92. The molecule has 3 heteroatoms. The summed E-state index contributed by atoms with van der Waals surface area (Å²) in [5.74, 6) is 0.802. The number of unbranched alkanes of at least 4 members (excludes halogenated alkanes) is 11. The first-order chi connectivity index (χ1) is 12.3. The summed E-state index contributed by atoms with van der Waals surface area (Å²) in [6, 6.07) is 9.43. The van der Waals surface area contributed by atoms with Gasteiger partial charge >= 0.3 is 0 Å². The van der Waals surface area contributed by atoms with Gasteiger partial charge in [0.05, 0.1) is 6.61 Å². The van der Waals surface area contributed by atoms with Crippen LogP contribution < -0.4 is 4.74 Å². The Morgan fingerprint density at radius 3 is 1.56 bits per heavy atom. The molecule has 0 aliphatic carbocycles. The molecule has 0 fully saturated rings. The van der Waals surface area contributed by atoms with Gasteiger partial charge < -0.3 is 14.9 Å². The van der Waals surface area contributed by atoms with Crippen molar-refractivity contribution < 1.29 is 14.9 Å². The molecule has 0 aromatic heterocycles. The topological polar surface area (TPSA) is 49.7 Å². The van der Waals surface area contributed by atoms with Crippen LogP contribution in [0.5, 0.6) is 5.75 Å². The van der Waals surface area contributed by atoms with Gasteiger partial charge in [0.25, 0.3) is 0 Å². The summed E-state index contributed by atoms with van der Waals surface area (Å²) in [7, 11) is 0. The maximum absolute atomic E-state index is 8.61. The van der Waals surface area contributed by atoms with Gasteiger partial charge in [0.2, 0.25) is 0 Å². The molecule has 0 spiro atoms. The normalized spacial score (nSPS) is 10.2. The molecule has 1 rings (SSSR count). The van der Waals surface area contributed by atoms with Crippen molar-refractivity contribution in [2.45, 2.75) is 84.0 Å². The fraction of sp³-hybridized carbons (Fsp3) is 0.727. The maximum Gasteiger partial charge on any atom is 0.119 e. The average Bonchev–Trinajstić information content (AvgIpc) is 2.66. The quantitative estimate of drug-likeness (QED) is 0.396. The minimum atomic E-state index is 0.0644. The SMILES string of the molecule is CCCCCCCCCCCCCCO.OCCOc1ccccc1. The van der Waals surface area contributed by atoms with Crippen molar-refractivity contribution in [3.63, 3.8) is 0 Å². The molecule has 0 heterocycles. The molecular formula is C22H40O3. The molecule has 0 amide bonds. The molecule has 1 aromatic rings. The summed E-state index contributed by atoms with van der Waals surface area (Å²) in [4.78, 5) is 0. The summed E-state index contributed by atoms with van der Waals surface area (Å²) >= 11 is 0. The van der Waals surface area contributed by atoms with Crippen LogP contribution in [0.25, 0.3) is 0 Å². The van der Waals surface area contributed by atoms with Crippen molar-refractivity contribution in [3.8, 4) is 5.75 Å². The van der Waals surface area contributed by atoms with Gasteiger partial charge in [-0.1, -0.05) is 95.8 Å². The highest BCUT2D eigenvalue weighted by molar-refractivity contribution is 5.20. The van der Waals surface area contributed by atoms with E-state index >= 15 is 0 Å².